The van der Waals surface area contributed by atoms with Crippen LogP contribution < -0.4 is 0 Å². The Morgan fingerprint density at radius 3 is 2.35 bits per heavy atom. The van der Waals surface area contributed by atoms with E-state index in [0.29, 0.717) is 40.6 Å². The lowest BCUT2D eigenvalue weighted by atomic mass is 9.41. The SMILES string of the molecule is COC1CN(CCN2CCO[C@@H](O[C@H]3CC[C@]45CC46CC[C@]4(C)[C@@H]7C(OC([C@H](OC(=O)N8CCC8)C(C)C)C[C@H]7C)[C@H](O)[C@@]4(C)C6CC[C@H]5C3(C)C)C2)C1. The van der Waals surface area contributed by atoms with Crippen molar-refractivity contribution in [2.24, 2.45) is 56.7 Å². The van der Waals surface area contributed by atoms with Crippen molar-refractivity contribution in [3.05, 3.63) is 0 Å². The molecule has 9 fully saturated rings. The van der Waals surface area contributed by atoms with Crippen LogP contribution in [-0.2, 0) is 23.7 Å². The first-order valence-corrected chi connectivity index (χ1v) is 22.2. The lowest BCUT2D eigenvalue weighted by Crippen LogP contribution is -2.60. The number of morpholine rings is 1. The Morgan fingerprint density at radius 2 is 1.65 bits per heavy atom. The molecule has 4 aliphatic heterocycles. The fourth-order valence-corrected chi connectivity index (χ4v) is 15.4. The van der Waals surface area contributed by atoms with E-state index in [-0.39, 0.29) is 59.0 Å². The molecule has 10 nitrogen and oxygen atoms in total. The summed E-state index contributed by atoms with van der Waals surface area (Å²) in [4.78, 5) is 19.8. The molecule has 0 aromatic carbocycles. The average molecular weight is 756 g/mol. The number of hydrogen-bond donors (Lipinski definition) is 1. The highest BCUT2D eigenvalue weighted by Crippen LogP contribution is 2.89. The minimum atomic E-state index is -0.519. The smallest absolute Gasteiger partial charge is 0.410 e. The number of carbonyl (C=O) groups excluding carboxylic acids is 1. The second kappa shape index (κ2) is 13.5. The summed E-state index contributed by atoms with van der Waals surface area (Å²) in [5.41, 5.74) is 0.511. The lowest BCUT2D eigenvalue weighted by Gasteiger charge is -2.64. The van der Waals surface area contributed by atoms with Gasteiger partial charge < -0.3 is 33.7 Å². The highest BCUT2D eigenvalue weighted by Gasteiger charge is 2.84. The lowest BCUT2D eigenvalue weighted by molar-refractivity contribution is -0.249. The third-order valence-corrected chi connectivity index (χ3v) is 18.6. The number of aliphatic hydroxyl groups excluding tert-OH is 1. The number of hydrogen-bond acceptors (Lipinski definition) is 9. The molecule has 306 valence electrons. The van der Waals surface area contributed by atoms with Crippen molar-refractivity contribution in [3.8, 4) is 0 Å². The van der Waals surface area contributed by atoms with Crippen molar-refractivity contribution in [1.29, 1.82) is 0 Å². The predicted octanol–water partition coefficient (Wildman–Crippen LogP) is 6.04. The first kappa shape index (κ1) is 38.5. The molecule has 10 heteroatoms. The minimum absolute atomic E-state index is 0.0107. The Balaban J connectivity index is 0.885. The molecule has 0 aromatic rings. The molecule has 0 bridgehead atoms. The van der Waals surface area contributed by atoms with Gasteiger partial charge in [-0.1, -0.05) is 48.5 Å². The van der Waals surface area contributed by atoms with Crippen LogP contribution in [-0.4, -0.2) is 135 Å². The van der Waals surface area contributed by atoms with E-state index >= 15 is 0 Å². The van der Waals surface area contributed by atoms with Crippen LogP contribution in [0.3, 0.4) is 0 Å². The second-order valence-electron chi connectivity index (χ2n) is 21.3. The van der Waals surface area contributed by atoms with Crippen molar-refractivity contribution in [2.75, 3.05) is 66.1 Å². The summed E-state index contributed by atoms with van der Waals surface area (Å²) in [7, 11) is 1.82. The third kappa shape index (κ3) is 5.52. The van der Waals surface area contributed by atoms with Crippen LogP contribution in [0.4, 0.5) is 4.79 Å². The summed E-state index contributed by atoms with van der Waals surface area (Å²) in [5, 5.41) is 12.8. The summed E-state index contributed by atoms with van der Waals surface area (Å²) in [6, 6.07) is 0. The van der Waals surface area contributed by atoms with Gasteiger partial charge in [0.2, 0.25) is 0 Å². The van der Waals surface area contributed by atoms with Crippen LogP contribution in [0.15, 0.2) is 0 Å². The molecule has 0 radical (unpaired) electrons. The number of carbonyl (C=O) groups is 1. The first-order valence-electron chi connectivity index (χ1n) is 22.2. The van der Waals surface area contributed by atoms with Crippen molar-refractivity contribution in [3.63, 3.8) is 0 Å². The molecule has 5 saturated carbocycles. The number of aliphatic hydroxyl groups is 1. The fourth-order valence-electron chi connectivity index (χ4n) is 15.4. The van der Waals surface area contributed by atoms with Gasteiger partial charge in [-0.15, -0.1) is 0 Å². The minimum Gasteiger partial charge on any atom is -0.443 e. The molecule has 9 rings (SSSR count). The van der Waals surface area contributed by atoms with E-state index in [0.717, 1.165) is 84.6 Å². The van der Waals surface area contributed by atoms with Gasteiger partial charge in [0.25, 0.3) is 0 Å². The van der Waals surface area contributed by atoms with Gasteiger partial charge in [0.05, 0.1) is 37.1 Å². The standard InChI is InChI=1S/C44H73N3O7/c1-27(2)36(54-39(49)47-16-9-17-47)30-22-28(3)35-37(52-30)38(48)42(7)32-11-10-31-40(4,5)33(12-13-43(31)26-44(32,43)15-14-41(35,42)6)53-34-25-45(20-21-51-34)18-19-46-23-29(24-46)50-8/h27-38,48H,9-26H2,1-8H3/t28-,30?,31+,32?,33+,34+,35+,36-,37?,38+,41-,42-,43-,44?/m1/s1. The fraction of sp³-hybridized carbons (Fsp3) is 0.977. The molecule has 1 N–H and O–H groups in total. The number of methoxy groups -OCH3 is 1. The molecule has 4 saturated heterocycles. The number of fused-ring (bicyclic) bond motifs is 4. The number of amides is 1. The summed E-state index contributed by atoms with van der Waals surface area (Å²) < 4.78 is 32.1. The number of likely N-dealkylation sites (tertiary alicyclic amines) is 2. The highest BCUT2D eigenvalue weighted by molar-refractivity contribution is 5.68. The van der Waals surface area contributed by atoms with E-state index in [1.165, 1.54) is 32.1 Å². The molecule has 4 heterocycles. The Kier molecular flexibility index (Phi) is 9.64. The van der Waals surface area contributed by atoms with Crippen molar-refractivity contribution >= 4 is 6.09 Å². The van der Waals surface area contributed by atoms with E-state index in [2.05, 4.69) is 58.3 Å². The number of ether oxygens (including phenoxy) is 5. The Morgan fingerprint density at radius 1 is 0.926 bits per heavy atom. The highest BCUT2D eigenvalue weighted by atomic mass is 16.7. The van der Waals surface area contributed by atoms with Gasteiger partial charge in [-0.2, -0.15) is 0 Å². The van der Waals surface area contributed by atoms with E-state index in [9.17, 15) is 9.90 Å². The summed E-state index contributed by atoms with van der Waals surface area (Å²) in [6.45, 7) is 25.1. The summed E-state index contributed by atoms with van der Waals surface area (Å²) in [5.74, 6) is 1.96. The largest absolute Gasteiger partial charge is 0.443 e. The molecular weight excluding hydrogens is 682 g/mol. The molecule has 4 unspecified atom stereocenters. The molecule has 54 heavy (non-hydrogen) atoms. The van der Waals surface area contributed by atoms with Crippen molar-refractivity contribution < 1.29 is 33.6 Å². The quantitative estimate of drug-likeness (QED) is 0.303. The zero-order valence-corrected chi connectivity index (χ0v) is 34.9. The van der Waals surface area contributed by atoms with Crippen molar-refractivity contribution in [1.82, 2.24) is 14.7 Å². The van der Waals surface area contributed by atoms with Crippen LogP contribution in [0.2, 0.25) is 0 Å². The van der Waals surface area contributed by atoms with Gasteiger partial charge >= 0.3 is 6.09 Å². The van der Waals surface area contributed by atoms with E-state index in [1.54, 1.807) is 4.90 Å². The van der Waals surface area contributed by atoms with Crippen LogP contribution in [0, 0.1) is 56.7 Å². The number of rotatable bonds is 9. The molecule has 5 aliphatic carbocycles. The monoisotopic (exact) mass is 756 g/mol. The topological polar surface area (TPSA) is 93.2 Å². The third-order valence-electron chi connectivity index (χ3n) is 18.6. The van der Waals surface area contributed by atoms with Crippen LogP contribution >= 0.6 is 0 Å². The molecular formula is C44H73N3O7. The zero-order valence-electron chi connectivity index (χ0n) is 34.9. The Bertz CT molecular complexity index is 1420. The second-order valence-corrected chi connectivity index (χ2v) is 21.3. The van der Waals surface area contributed by atoms with Gasteiger partial charge in [0.1, 0.15) is 6.10 Å². The molecule has 1 amide bonds. The van der Waals surface area contributed by atoms with Crippen LogP contribution in [0.5, 0.6) is 0 Å². The summed E-state index contributed by atoms with van der Waals surface area (Å²) in [6.07, 6.45) is 9.42. The van der Waals surface area contributed by atoms with Gasteiger partial charge in [-0.25, -0.2) is 4.79 Å². The molecule has 0 aromatic heterocycles. The molecule has 2 spiro atoms. The van der Waals surface area contributed by atoms with Gasteiger partial charge in [0.15, 0.2) is 6.29 Å². The number of nitrogens with zero attached hydrogens (tertiary/aromatic N) is 3. The van der Waals surface area contributed by atoms with Gasteiger partial charge in [-0.3, -0.25) is 9.80 Å². The van der Waals surface area contributed by atoms with E-state index in [1.807, 2.05) is 7.11 Å². The van der Waals surface area contributed by atoms with Gasteiger partial charge in [-0.05, 0) is 109 Å². The maximum atomic E-state index is 13.0. The predicted molar refractivity (Wildman–Crippen MR) is 206 cm³/mol. The average Bonchev–Trinajstić information content (AvgIpc) is 3.72. The maximum Gasteiger partial charge on any atom is 0.410 e. The Hall–Kier alpha value is -1.01. The van der Waals surface area contributed by atoms with Gasteiger partial charge in [0, 0.05) is 64.9 Å². The van der Waals surface area contributed by atoms with Crippen LogP contribution in [0.25, 0.3) is 0 Å². The maximum absolute atomic E-state index is 13.0. The normalized spacial score (nSPS) is 49.1. The van der Waals surface area contributed by atoms with Crippen molar-refractivity contribution in [2.45, 2.75) is 149 Å². The van der Waals surface area contributed by atoms with E-state index < -0.39 is 6.10 Å². The molecule has 9 aliphatic rings. The first-order chi connectivity index (χ1) is 25.7. The molecule has 14 atom stereocenters. The summed E-state index contributed by atoms with van der Waals surface area (Å²) >= 11 is 0. The van der Waals surface area contributed by atoms with E-state index in [4.69, 9.17) is 23.7 Å². The van der Waals surface area contributed by atoms with Crippen LogP contribution in [0.1, 0.15) is 106 Å². The Labute approximate surface area is 325 Å². The zero-order chi connectivity index (χ0) is 38.0.